The minimum Gasteiger partial charge on any atom is -0.462 e. The molecule has 0 aliphatic rings. The molecule has 1 rings (SSSR count). The van der Waals surface area contributed by atoms with Crippen molar-refractivity contribution in [1.29, 1.82) is 0 Å². The van der Waals surface area contributed by atoms with Crippen molar-refractivity contribution < 1.29 is 9.53 Å². The Morgan fingerprint density at radius 1 is 1.22 bits per heavy atom. The van der Waals surface area contributed by atoms with Gasteiger partial charge in [0.2, 0.25) is 0 Å². The molecule has 0 atom stereocenters. The first kappa shape index (κ1) is 15.0. The van der Waals surface area contributed by atoms with Gasteiger partial charge in [-0.2, -0.15) is 0 Å². The molecule has 0 amide bonds. The van der Waals surface area contributed by atoms with Crippen LogP contribution >= 0.6 is 11.6 Å². The van der Waals surface area contributed by atoms with Gasteiger partial charge in [0.15, 0.2) is 0 Å². The molecule has 0 N–H and O–H groups in total. The van der Waals surface area contributed by atoms with Crippen molar-refractivity contribution in [2.45, 2.75) is 45.4 Å². The third-order valence-electron chi connectivity index (χ3n) is 2.82. The quantitative estimate of drug-likeness (QED) is 0.543. The van der Waals surface area contributed by atoms with Crippen molar-refractivity contribution in [3.8, 4) is 0 Å². The minimum atomic E-state index is -0.259. The standard InChI is InChI=1S/C15H21ClO2/c1-3-5-6-12-7-8-13(10-14(12)11-16)15(17)18-9-4-2/h7-8,10H,3-6,9,11H2,1-2H3. The van der Waals surface area contributed by atoms with E-state index in [1.807, 2.05) is 25.1 Å². The van der Waals surface area contributed by atoms with E-state index in [2.05, 4.69) is 6.92 Å². The van der Waals surface area contributed by atoms with E-state index in [1.165, 1.54) is 5.56 Å². The van der Waals surface area contributed by atoms with Gasteiger partial charge in [-0.1, -0.05) is 26.3 Å². The fourth-order valence-electron chi connectivity index (χ4n) is 1.77. The average molecular weight is 269 g/mol. The van der Waals surface area contributed by atoms with Crippen LogP contribution < -0.4 is 0 Å². The molecule has 0 spiro atoms. The number of halogens is 1. The van der Waals surface area contributed by atoms with E-state index in [4.69, 9.17) is 16.3 Å². The summed E-state index contributed by atoms with van der Waals surface area (Å²) in [5.74, 6) is 0.179. The van der Waals surface area contributed by atoms with Gasteiger partial charge in [0.05, 0.1) is 12.2 Å². The molecule has 1 aromatic carbocycles. The number of alkyl halides is 1. The van der Waals surface area contributed by atoms with Gasteiger partial charge in [-0.25, -0.2) is 4.79 Å². The van der Waals surface area contributed by atoms with E-state index in [9.17, 15) is 4.79 Å². The molecule has 2 nitrogen and oxygen atoms in total. The molecule has 0 saturated carbocycles. The number of hydrogen-bond acceptors (Lipinski definition) is 2. The van der Waals surface area contributed by atoms with Crippen molar-refractivity contribution >= 4 is 17.6 Å². The van der Waals surface area contributed by atoms with Gasteiger partial charge in [0.1, 0.15) is 0 Å². The fourth-order valence-corrected chi connectivity index (χ4v) is 2.02. The van der Waals surface area contributed by atoms with Crippen molar-refractivity contribution in [3.05, 3.63) is 34.9 Å². The Morgan fingerprint density at radius 2 is 2.00 bits per heavy atom. The van der Waals surface area contributed by atoms with Crippen LogP contribution in [0, 0.1) is 0 Å². The van der Waals surface area contributed by atoms with Gasteiger partial charge in [0, 0.05) is 5.88 Å². The summed E-state index contributed by atoms with van der Waals surface area (Å²) in [5, 5.41) is 0. The molecule has 0 bridgehead atoms. The lowest BCUT2D eigenvalue weighted by Crippen LogP contribution is -2.07. The first-order valence-corrected chi connectivity index (χ1v) is 7.11. The van der Waals surface area contributed by atoms with E-state index in [-0.39, 0.29) is 5.97 Å². The molecule has 0 radical (unpaired) electrons. The number of hydrogen-bond donors (Lipinski definition) is 0. The van der Waals surface area contributed by atoms with Gasteiger partial charge < -0.3 is 4.74 Å². The van der Waals surface area contributed by atoms with Gasteiger partial charge in [0.25, 0.3) is 0 Å². The maximum Gasteiger partial charge on any atom is 0.338 e. The van der Waals surface area contributed by atoms with Crippen LogP contribution in [0.1, 0.15) is 54.6 Å². The van der Waals surface area contributed by atoms with E-state index < -0.39 is 0 Å². The topological polar surface area (TPSA) is 26.3 Å². The van der Waals surface area contributed by atoms with E-state index in [1.54, 1.807) is 0 Å². The second-order valence-corrected chi connectivity index (χ2v) is 4.62. The zero-order valence-corrected chi connectivity index (χ0v) is 11.9. The monoisotopic (exact) mass is 268 g/mol. The van der Waals surface area contributed by atoms with Crippen molar-refractivity contribution in [1.82, 2.24) is 0 Å². The normalized spacial score (nSPS) is 10.4. The molecule has 0 heterocycles. The van der Waals surface area contributed by atoms with Crippen LogP contribution in [0.25, 0.3) is 0 Å². The summed E-state index contributed by atoms with van der Waals surface area (Å²) in [7, 11) is 0. The highest BCUT2D eigenvalue weighted by Gasteiger charge is 2.10. The lowest BCUT2D eigenvalue weighted by atomic mass is 10.0. The van der Waals surface area contributed by atoms with Crippen LogP contribution in [-0.2, 0) is 17.0 Å². The number of benzene rings is 1. The molecule has 18 heavy (non-hydrogen) atoms. The Morgan fingerprint density at radius 3 is 2.61 bits per heavy atom. The Hall–Kier alpha value is -1.02. The van der Waals surface area contributed by atoms with Crippen molar-refractivity contribution in [3.63, 3.8) is 0 Å². The lowest BCUT2D eigenvalue weighted by molar-refractivity contribution is 0.0505. The Kier molecular flexibility index (Phi) is 6.81. The molecule has 0 unspecified atom stereocenters. The number of aryl methyl sites for hydroxylation is 1. The Bertz CT molecular complexity index is 388. The van der Waals surface area contributed by atoms with Crippen LogP contribution in [0.15, 0.2) is 18.2 Å². The number of unbranched alkanes of at least 4 members (excludes halogenated alkanes) is 1. The van der Waals surface area contributed by atoms with Crippen molar-refractivity contribution in [2.24, 2.45) is 0 Å². The zero-order valence-electron chi connectivity index (χ0n) is 11.2. The molecule has 0 saturated heterocycles. The van der Waals surface area contributed by atoms with Gasteiger partial charge in [-0.3, -0.25) is 0 Å². The first-order chi connectivity index (χ1) is 8.72. The highest BCUT2D eigenvalue weighted by Crippen LogP contribution is 2.17. The predicted octanol–water partition coefficient (Wildman–Crippen LogP) is 4.33. The van der Waals surface area contributed by atoms with Gasteiger partial charge in [-0.05, 0) is 42.5 Å². The van der Waals surface area contributed by atoms with Gasteiger partial charge >= 0.3 is 5.97 Å². The maximum atomic E-state index is 11.7. The van der Waals surface area contributed by atoms with E-state index >= 15 is 0 Å². The molecule has 0 aliphatic carbocycles. The summed E-state index contributed by atoms with van der Waals surface area (Å²) in [6.07, 6.45) is 4.15. The number of carbonyl (C=O) groups is 1. The molecule has 1 aromatic rings. The Balaban J connectivity index is 2.80. The lowest BCUT2D eigenvalue weighted by Gasteiger charge is -2.09. The number of carbonyl (C=O) groups excluding carboxylic acids is 1. The molecular formula is C15H21ClO2. The second kappa shape index (κ2) is 8.15. The predicted molar refractivity (Wildman–Crippen MR) is 75.2 cm³/mol. The second-order valence-electron chi connectivity index (χ2n) is 4.36. The first-order valence-electron chi connectivity index (χ1n) is 6.57. The third-order valence-corrected chi connectivity index (χ3v) is 3.11. The minimum absolute atomic E-state index is 0.259. The van der Waals surface area contributed by atoms with E-state index in [0.717, 1.165) is 31.2 Å². The van der Waals surface area contributed by atoms with Crippen molar-refractivity contribution in [2.75, 3.05) is 6.61 Å². The van der Waals surface area contributed by atoms with E-state index in [0.29, 0.717) is 18.1 Å². The average Bonchev–Trinajstić information content (AvgIpc) is 2.42. The summed E-state index contributed by atoms with van der Waals surface area (Å²) in [4.78, 5) is 11.7. The number of ether oxygens (including phenoxy) is 1. The summed E-state index contributed by atoms with van der Waals surface area (Å²) in [5.41, 5.74) is 2.87. The molecule has 0 aliphatic heterocycles. The maximum absolute atomic E-state index is 11.7. The summed E-state index contributed by atoms with van der Waals surface area (Å²) in [6, 6.07) is 5.69. The van der Waals surface area contributed by atoms with Crippen LogP contribution in [0.3, 0.4) is 0 Å². The van der Waals surface area contributed by atoms with Crippen LogP contribution in [0.4, 0.5) is 0 Å². The summed E-state index contributed by atoms with van der Waals surface area (Å²) < 4.78 is 5.12. The zero-order chi connectivity index (χ0) is 13.4. The summed E-state index contributed by atoms with van der Waals surface area (Å²) in [6.45, 7) is 4.61. The number of esters is 1. The molecular weight excluding hydrogens is 248 g/mol. The molecule has 3 heteroatoms. The Labute approximate surface area is 114 Å². The van der Waals surface area contributed by atoms with Crippen LogP contribution in [0.2, 0.25) is 0 Å². The molecule has 0 fully saturated rings. The largest absolute Gasteiger partial charge is 0.462 e. The smallest absolute Gasteiger partial charge is 0.338 e. The fraction of sp³-hybridized carbons (Fsp3) is 0.533. The SMILES string of the molecule is CCCCc1ccc(C(=O)OCCC)cc1CCl. The highest BCUT2D eigenvalue weighted by molar-refractivity contribution is 6.17. The van der Waals surface area contributed by atoms with Crippen LogP contribution in [-0.4, -0.2) is 12.6 Å². The summed E-state index contributed by atoms with van der Waals surface area (Å²) >= 11 is 5.94. The highest BCUT2D eigenvalue weighted by atomic mass is 35.5. The molecule has 0 aromatic heterocycles. The van der Waals surface area contributed by atoms with Gasteiger partial charge in [-0.15, -0.1) is 11.6 Å². The molecule has 100 valence electrons. The van der Waals surface area contributed by atoms with Crippen LogP contribution in [0.5, 0.6) is 0 Å². The third kappa shape index (κ3) is 4.34. The number of rotatable bonds is 7.